The summed E-state index contributed by atoms with van der Waals surface area (Å²) < 4.78 is 52.8. The molecule has 0 radical (unpaired) electrons. The minimum Gasteiger partial charge on any atom is -0.398 e. The van der Waals surface area contributed by atoms with E-state index < -0.39 is 30.1 Å². The van der Waals surface area contributed by atoms with Crippen LogP contribution in [0.4, 0.5) is 13.2 Å². The lowest BCUT2D eigenvalue weighted by Crippen LogP contribution is -2.41. The van der Waals surface area contributed by atoms with Gasteiger partial charge in [-0.3, -0.25) is 4.68 Å². The first kappa shape index (κ1) is 20.0. The summed E-state index contributed by atoms with van der Waals surface area (Å²) in [6, 6.07) is 12.8. The summed E-state index contributed by atoms with van der Waals surface area (Å²) in [6.45, 7) is 8.22. The van der Waals surface area contributed by atoms with Gasteiger partial charge in [-0.25, -0.2) is 0 Å². The molecule has 0 aliphatic carbocycles. The molecule has 2 aromatic carbocycles. The molecule has 4 nitrogen and oxygen atoms in total. The zero-order chi connectivity index (χ0) is 21.0. The summed E-state index contributed by atoms with van der Waals surface area (Å²) in [5.41, 5.74) is 0.565. The maximum absolute atomic E-state index is 12.8. The Balaban J connectivity index is 1.73. The van der Waals surface area contributed by atoms with Crippen LogP contribution < -0.4 is 5.59 Å². The minimum absolute atomic E-state index is 0.312. The molecule has 0 unspecified atom stereocenters. The minimum atomic E-state index is -4.35. The Hall–Kier alpha value is -2.32. The van der Waals surface area contributed by atoms with E-state index in [1.54, 1.807) is 4.68 Å². The molecule has 29 heavy (non-hydrogen) atoms. The molecule has 0 atom stereocenters. The highest BCUT2D eigenvalue weighted by atomic mass is 19.4. The molecule has 0 bridgehead atoms. The van der Waals surface area contributed by atoms with Gasteiger partial charge in [0.25, 0.3) is 0 Å². The number of nitrogens with zero attached hydrogens (tertiary/aromatic N) is 2. The molecule has 0 amide bonds. The van der Waals surface area contributed by atoms with E-state index in [4.69, 9.17) is 9.31 Å². The number of hydrogen-bond acceptors (Lipinski definition) is 3. The largest absolute Gasteiger partial charge is 0.514 e. The molecule has 2 heterocycles. The number of halogens is 3. The molecule has 1 fully saturated rings. The van der Waals surface area contributed by atoms with Crippen molar-refractivity contribution in [2.24, 2.45) is 0 Å². The fraction of sp³-hybridized carbons (Fsp3) is 0.381. The number of hydrogen-bond donors (Lipinski definition) is 0. The molecular weight excluding hydrogens is 380 g/mol. The van der Waals surface area contributed by atoms with E-state index in [0.29, 0.717) is 12.1 Å². The number of benzene rings is 2. The van der Waals surface area contributed by atoms with Crippen molar-refractivity contribution in [1.82, 2.24) is 9.78 Å². The molecule has 152 valence electrons. The van der Waals surface area contributed by atoms with Crippen molar-refractivity contribution in [2.45, 2.75) is 51.6 Å². The first-order valence-electron chi connectivity index (χ1n) is 9.45. The normalized spacial score (nSPS) is 18.5. The van der Waals surface area contributed by atoms with Crippen LogP contribution in [0.25, 0.3) is 10.9 Å². The average Bonchev–Trinajstić information content (AvgIpc) is 3.07. The van der Waals surface area contributed by atoms with E-state index >= 15 is 0 Å². The van der Waals surface area contributed by atoms with E-state index in [0.717, 1.165) is 28.6 Å². The van der Waals surface area contributed by atoms with Crippen LogP contribution in [0.2, 0.25) is 0 Å². The van der Waals surface area contributed by atoms with Gasteiger partial charge in [0.05, 0.1) is 34.4 Å². The lowest BCUT2D eigenvalue weighted by Gasteiger charge is -2.32. The molecule has 3 aromatic rings. The van der Waals surface area contributed by atoms with Crippen LogP contribution >= 0.6 is 0 Å². The van der Waals surface area contributed by atoms with Crippen molar-refractivity contribution in [2.75, 3.05) is 0 Å². The van der Waals surface area contributed by atoms with Crippen LogP contribution in [0, 0.1) is 0 Å². The Labute approximate surface area is 167 Å². The van der Waals surface area contributed by atoms with Gasteiger partial charge in [0.15, 0.2) is 0 Å². The summed E-state index contributed by atoms with van der Waals surface area (Å²) in [4.78, 5) is 0. The number of rotatable bonds is 3. The quantitative estimate of drug-likeness (QED) is 0.610. The predicted molar refractivity (Wildman–Crippen MR) is 106 cm³/mol. The van der Waals surface area contributed by atoms with Crippen molar-refractivity contribution in [3.05, 3.63) is 59.7 Å². The molecular formula is C21H22BF3N2O2. The van der Waals surface area contributed by atoms with Gasteiger partial charge in [-0.2, -0.15) is 18.3 Å². The summed E-state index contributed by atoms with van der Waals surface area (Å²) >= 11 is 0. The summed E-state index contributed by atoms with van der Waals surface area (Å²) in [5.74, 6) is 0. The van der Waals surface area contributed by atoms with Gasteiger partial charge in [0, 0.05) is 5.39 Å². The summed E-state index contributed by atoms with van der Waals surface area (Å²) in [7, 11) is -0.623. The Morgan fingerprint density at radius 2 is 1.52 bits per heavy atom. The summed E-state index contributed by atoms with van der Waals surface area (Å²) in [5, 5.41) is 5.55. The second-order valence-electron chi connectivity index (χ2n) is 8.34. The van der Waals surface area contributed by atoms with Gasteiger partial charge in [-0.05, 0) is 51.5 Å². The highest BCUT2D eigenvalue weighted by Crippen LogP contribution is 2.37. The van der Waals surface area contributed by atoms with Crippen molar-refractivity contribution in [3.63, 3.8) is 0 Å². The third-order valence-corrected chi connectivity index (χ3v) is 5.78. The fourth-order valence-corrected chi connectivity index (χ4v) is 3.40. The maximum Gasteiger partial charge on any atom is 0.514 e. The van der Waals surface area contributed by atoms with Crippen molar-refractivity contribution >= 4 is 23.6 Å². The monoisotopic (exact) mass is 402 g/mol. The first-order valence-corrected chi connectivity index (χ1v) is 9.45. The Morgan fingerprint density at radius 3 is 2.10 bits per heavy atom. The van der Waals surface area contributed by atoms with Crippen LogP contribution in [-0.4, -0.2) is 28.1 Å². The fourth-order valence-electron chi connectivity index (χ4n) is 3.40. The van der Waals surface area contributed by atoms with Gasteiger partial charge < -0.3 is 9.31 Å². The van der Waals surface area contributed by atoms with Crippen LogP contribution in [-0.2, 0) is 22.0 Å². The molecule has 0 spiro atoms. The second kappa shape index (κ2) is 6.60. The Kier molecular flexibility index (Phi) is 4.55. The van der Waals surface area contributed by atoms with Crippen molar-refractivity contribution < 1.29 is 22.5 Å². The highest BCUT2D eigenvalue weighted by Gasteiger charge is 2.53. The molecule has 1 aliphatic rings. The topological polar surface area (TPSA) is 36.3 Å². The number of alkyl halides is 3. The third kappa shape index (κ3) is 3.55. The van der Waals surface area contributed by atoms with E-state index in [9.17, 15) is 13.2 Å². The van der Waals surface area contributed by atoms with Gasteiger partial charge in [-0.15, -0.1) is 0 Å². The Bertz CT molecular complexity index is 1030. The smallest absolute Gasteiger partial charge is 0.398 e. The lowest BCUT2D eigenvalue weighted by molar-refractivity contribution is -0.137. The van der Waals surface area contributed by atoms with Crippen LogP contribution in [0.3, 0.4) is 0 Å². The van der Waals surface area contributed by atoms with Gasteiger partial charge >= 0.3 is 13.3 Å². The standard InChI is InChI=1S/C21H22BF3N2O2/c1-19(2)20(3,4)29-22(28-19)18-16-7-5-6-8-17(16)26-27(18)13-14-9-11-15(12-10-14)21(23,24)25/h5-12H,13H2,1-4H3. The molecule has 8 heteroatoms. The van der Waals surface area contributed by atoms with Gasteiger partial charge in [-0.1, -0.05) is 30.3 Å². The zero-order valence-electron chi connectivity index (χ0n) is 16.7. The molecule has 1 saturated heterocycles. The SMILES string of the molecule is CC1(C)OB(c2c3ccccc3nn2Cc2ccc(C(F)(F)F)cc2)OC1(C)C. The van der Waals surface area contributed by atoms with Gasteiger partial charge in [0.2, 0.25) is 0 Å². The van der Waals surface area contributed by atoms with Crippen LogP contribution in [0.5, 0.6) is 0 Å². The molecule has 4 rings (SSSR count). The maximum atomic E-state index is 12.8. The highest BCUT2D eigenvalue weighted by molar-refractivity contribution is 6.64. The van der Waals surface area contributed by atoms with Crippen LogP contribution in [0.15, 0.2) is 48.5 Å². The third-order valence-electron chi connectivity index (χ3n) is 5.78. The van der Waals surface area contributed by atoms with E-state index in [-0.39, 0.29) is 0 Å². The van der Waals surface area contributed by atoms with E-state index in [1.807, 2.05) is 52.0 Å². The molecule has 1 aromatic heterocycles. The van der Waals surface area contributed by atoms with E-state index in [2.05, 4.69) is 5.10 Å². The van der Waals surface area contributed by atoms with Crippen molar-refractivity contribution in [1.29, 1.82) is 0 Å². The average molecular weight is 402 g/mol. The molecule has 0 N–H and O–H groups in total. The molecule has 0 saturated carbocycles. The predicted octanol–water partition coefficient (Wildman–Crippen LogP) is 4.40. The number of aromatic nitrogens is 2. The van der Waals surface area contributed by atoms with Crippen molar-refractivity contribution in [3.8, 4) is 0 Å². The first-order chi connectivity index (χ1) is 13.5. The number of fused-ring (bicyclic) bond motifs is 1. The molecule has 1 aliphatic heterocycles. The summed E-state index contributed by atoms with van der Waals surface area (Å²) in [6.07, 6.45) is -4.35. The lowest BCUT2D eigenvalue weighted by atomic mass is 9.82. The van der Waals surface area contributed by atoms with E-state index in [1.165, 1.54) is 12.1 Å². The zero-order valence-corrected chi connectivity index (χ0v) is 16.7. The van der Waals surface area contributed by atoms with Crippen LogP contribution in [0.1, 0.15) is 38.8 Å². The van der Waals surface area contributed by atoms with Gasteiger partial charge in [0.1, 0.15) is 0 Å². The Morgan fingerprint density at radius 1 is 0.931 bits per heavy atom. The second-order valence-corrected chi connectivity index (χ2v) is 8.34.